The van der Waals surface area contributed by atoms with E-state index in [1.807, 2.05) is 0 Å². The highest BCUT2D eigenvalue weighted by molar-refractivity contribution is 5.73. The van der Waals surface area contributed by atoms with Crippen molar-refractivity contribution in [2.45, 2.75) is 38.3 Å². The SMILES string of the molecule is CC(NCCCC[C@@H](N)C(=O)O)C(=O)O. The van der Waals surface area contributed by atoms with Gasteiger partial charge in [-0.05, 0) is 26.3 Å². The summed E-state index contributed by atoms with van der Waals surface area (Å²) in [6, 6.07) is -1.39. The molecule has 0 aromatic carbocycles. The van der Waals surface area contributed by atoms with Gasteiger partial charge in [-0.3, -0.25) is 9.59 Å². The molecule has 0 amide bonds. The zero-order chi connectivity index (χ0) is 11.8. The van der Waals surface area contributed by atoms with Crippen molar-refractivity contribution in [2.24, 2.45) is 5.73 Å². The van der Waals surface area contributed by atoms with Crippen LogP contribution in [0.4, 0.5) is 0 Å². The highest BCUT2D eigenvalue weighted by Gasteiger charge is 2.11. The lowest BCUT2D eigenvalue weighted by Gasteiger charge is -2.09. The maximum Gasteiger partial charge on any atom is 0.320 e. The zero-order valence-electron chi connectivity index (χ0n) is 8.77. The largest absolute Gasteiger partial charge is 0.480 e. The van der Waals surface area contributed by atoms with Gasteiger partial charge in [-0.15, -0.1) is 0 Å². The number of carboxylic acid groups (broad SMARTS) is 2. The van der Waals surface area contributed by atoms with Crippen LogP contribution >= 0.6 is 0 Å². The molecule has 0 fully saturated rings. The number of aliphatic carboxylic acids is 2. The normalized spacial score (nSPS) is 14.5. The molecular formula is C9H18N2O4. The Kier molecular flexibility index (Phi) is 6.64. The monoisotopic (exact) mass is 218 g/mol. The molecule has 0 spiro atoms. The van der Waals surface area contributed by atoms with E-state index in [1.165, 1.54) is 0 Å². The molecule has 0 aromatic rings. The third-order valence-electron chi connectivity index (χ3n) is 2.08. The maximum absolute atomic E-state index is 10.4. The van der Waals surface area contributed by atoms with Crippen molar-refractivity contribution in [2.75, 3.05) is 6.54 Å². The minimum Gasteiger partial charge on any atom is -0.480 e. The molecule has 0 saturated heterocycles. The molecule has 0 aliphatic carbocycles. The van der Waals surface area contributed by atoms with Crippen molar-refractivity contribution in [3.63, 3.8) is 0 Å². The Morgan fingerprint density at radius 1 is 1.27 bits per heavy atom. The van der Waals surface area contributed by atoms with Crippen LogP contribution in [-0.2, 0) is 9.59 Å². The summed E-state index contributed by atoms with van der Waals surface area (Å²) in [5.41, 5.74) is 5.29. The highest BCUT2D eigenvalue weighted by atomic mass is 16.4. The number of carbonyl (C=O) groups is 2. The molecule has 0 radical (unpaired) electrons. The first-order valence-corrected chi connectivity index (χ1v) is 4.89. The minimum absolute atomic E-state index is 0.415. The van der Waals surface area contributed by atoms with Gasteiger partial charge in [-0.1, -0.05) is 6.42 Å². The van der Waals surface area contributed by atoms with E-state index in [0.717, 1.165) is 6.42 Å². The quantitative estimate of drug-likeness (QED) is 0.413. The molecule has 15 heavy (non-hydrogen) atoms. The van der Waals surface area contributed by atoms with Gasteiger partial charge in [0.2, 0.25) is 0 Å². The number of carboxylic acids is 2. The van der Waals surface area contributed by atoms with E-state index in [2.05, 4.69) is 5.32 Å². The van der Waals surface area contributed by atoms with Gasteiger partial charge in [0.25, 0.3) is 0 Å². The second kappa shape index (κ2) is 7.19. The van der Waals surface area contributed by atoms with E-state index >= 15 is 0 Å². The van der Waals surface area contributed by atoms with E-state index < -0.39 is 24.0 Å². The van der Waals surface area contributed by atoms with Crippen molar-refractivity contribution < 1.29 is 19.8 Å². The Bertz CT molecular complexity index is 198. The summed E-state index contributed by atoms with van der Waals surface area (Å²) in [7, 11) is 0. The molecule has 6 heteroatoms. The Morgan fingerprint density at radius 2 is 1.87 bits per heavy atom. The second-order valence-corrected chi connectivity index (χ2v) is 3.45. The smallest absolute Gasteiger partial charge is 0.320 e. The fraction of sp³-hybridized carbons (Fsp3) is 0.778. The first kappa shape index (κ1) is 13.9. The van der Waals surface area contributed by atoms with Crippen LogP contribution in [0.2, 0.25) is 0 Å². The number of nitrogens with one attached hydrogen (secondary N) is 1. The third kappa shape index (κ3) is 6.87. The third-order valence-corrected chi connectivity index (χ3v) is 2.08. The Balaban J connectivity index is 3.40. The van der Waals surface area contributed by atoms with E-state index in [0.29, 0.717) is 19.4 Å². The summed E-state index contributed by atoms with van der Waals surface area (Å²) < 4.78 is 0. The fourth-order valence-corrected chi connectivity index (χ4v) is 1.02. The maximum atomic E-state index is 10.4. The van der Waals surface area contributed by atoms with Crippen molar-refractivity contribution in [3.8, 4) is 0 Å². The lowest BCUT2D eigenvalue weighted by atomic mass is 10.1. The van der Waals surface area contributed by atoms with Gasteiger partial charge in [0.1, 0.15) is 12.1 Å². The number of hydrogen-bond donors (Lipinski definition) is 4. The van der Waals surface area contributed by atoms with Gasteiger partial charge in [0.05, 0.1) is 0 Å². The second-order valence-electron chi connectivity index (χ2n) is 3.45. The Hall–Kier alpha value is -1.14. The molecule has 0 bridgehead atoms. The summed E-state index contributed by atoms with van der Waals surface area (Å²) in [5, 5.41) is 19.8. The first-order valence-electron chi connectivity index (χ1n) is 4.89. The summed E-state index contributed by atoms with van der Waals surface area (Å²) in [6.07, 6.45) is 1.81. The van der Waals surface area contributed by atoms with Crippen LogP contribution in [0.1, 0.15) is 26.2 Å². The first-order chi connectivity index (χ1) is 6.95. The summed E-state index contributed by atoms with van der Waals surface area (Å²) >= 11 is 0. The molecule has 2 atom stereocenters. The van der Waals surface area contributed by atoms with Gasteiger partial charge >= 0.3 is 11.9 Å². The zero-order valence-corrected chi connectivity index (χ0v) is 8.77. The lowest BCUT2D eigenvalue weighted by Crippen LogP contribution is -2.34. The van der Waals surface area contributed by atoms with Crippen LogP contribution in [0.3, 0.4) is 0 Å². The molecule has 0 aliphatic rings. The number of nitrogens with two attached hydrogens (primary N) is 1. The van der Waals surface area contributed by atoms with Crippen LogP contribution in [0.15, 0.2) is 0 Å². The molecule has 6 nitrogen and oxygen atoms in total. The van der Waals surface area contributed by atoms with Gasteiger partial charge in [0, 0.05) is 0 Å². The van der Waals surface area contributed by atoms with Gasteiger partial charge in [-0.2, -0.15) is 0 Å². The Labute approximate surface area is 88.5 Å². The predicted molar refractivity (Wildman–Crippen MR) is 54.6 cm³/mol. The van der Waals surface area contributed by atoms with Crippen molar-refractivity contribution in [3.05, 3.63) is 0 Å². The van der Waals surface area contributed by atoms with E-state index in [4.69, 9.17) is 15.9 Å². The molecule has 0 heterocycles. The fourth-order valence-electron chi connectivity index (χ4n) is 1.02. The molecule has 0 aromatic heterocycles. The molecule has 1 unspecified atom stereocenters. The molecule has 5 N–H and O–H groups in total. The molecule has 0 aliphatic heterocycles. The van der Waals surface area contributed by atoms with Crippen LogP contribution in [0, 0.1) is 0 Å². The van der Waals surface area contributed by atoms with E-state index in [9.17, 15) is 9.59 Å². The van der Waals surface area contributed by atoms with Crippen molar-refractivity contribution in [1.29, 1.82) is 0 Å². The molecule has 88 valence electrons. The average Bonchev–Trinajstić information content (AvgIpc) is 2.16. The topological polar surface area (TPSA) is 113 Å². The summed E-state index contributed by atoms with van der Waals surface area (Å²) in [4.78, 5) is 20.7. The molecule has 0 saturated carbocycles. The number of hydrogen-bond acceptors (Lipinski definition) is 4. The van der Waals surface area contributed by atoms with Crippen molar-refractivity contribution >= 4 is 11.9 Å². The Morgan fingerprint density at radius 3 is 2.33 bits per heavy atom. The van der Waals surface area contributed by atoms with Crippen molar-refractivity contribution in [1.82, 2.24) is 5.32 Å². The van der Waals surface area contributed by atoms with Gasteiger partial charge in [-0.25, -0.2) is 0 Å². The predicted octanol–water partition coefficient (Wildman–Crippen LogP) is -0.369. The van der Waals surface area contributed by atoms with E-state index in [1.54, 1.807) is 6.92 Å². The van der Waals surface area contributed by atoms with Crippen LogP contribution in [0.5, 0.6) is 0 Å². The number of rotatable bonds is 8. The molecule has 0 rings (SSSR count). The summed E-state index contributed by atoms with van der Waals surface area (Å²) in [5.74, 6) is -1.89. The van der Waals surface area contributed by atoms with Crippen LogP contribution in [0.25, 0.3) is 0 Å². The summed E-state index contributed by atoms with van der Waals surface area (Å²) in [6.45, 7) is 2.12. The van der Waals surface area contributed by atoms with Crippen LogP contribution < -0.4 is 11.1 Å². The molecular weight excluding hydrogens is 200 g/mol. The van der Waals surface area contributed by atoms with Gasteiger partial charge < -0.3 is 21.3 Å². The minimum atomic E-state index is -0.998. The highest BCUT2D eigenvalue weighted by Crippen LogP contribution is 1.98. The van der Waals surface area contributed by atoms with E-state index in [-0.39, 0.29) is 0 Å². The van der Waals surface area contributed by atoms with Gasteiger partial charge in [0.15, 0.2) is 0 Å². The standard InChI is InChI=1S/C9H18N2O4/c1-6(8(12)13)11-5-3-2-4-7(10)9(14)15/h6-7,11H,2-5,10H2,1H3,(H,12,13)(H,14,15)/t6?,7-/m1/s1. The average molecular weight is 218 g/mol. The van der Waals surface area contributed by atoms with Crippen LogP contribution in [-0.4, -0.2) is 40.8 Å². The lowest BCUT2D eigenvalue weighted by molar-refractivity contribution is -0.139. The number of unbranched alkanes of at least 4 members (excludes halogenated alkanes) is 1.